The van der Waals surface area contributed by atoms with Crippen molar-refractivity contribution in [3.05, 3.63) is 29.3 Å². The molecule has 2 fully saturated rings. The monoisotopic (exact) mass is 343 g/mol. The molecule has 1 aromatic rings. The summed E-state index contributed by atoms with van der Waals surface area (Å²) in [6, 6.07) is 5.64. The SMILES string of the molecule is CN1C(=O)c2cccc(N3CCC[C@H](CN4CCOCC4)C3)c2C1=O. The van der Waals surface area contributed by atoms with Crippen molar-refractivity contribution >= 4 is 17.5 Å². The van der Waals surface area contributed by atoms with Gasteiger partial charge in [-0.15, -0.1) is 0 Å². The van der Waals surface area contributed by atoms with Gasteiger partial charge in [0.2, 0.25) is 0 Å². The minimum Gasteiger partial charge on any atom is -0.379 e. The summed E-state index contributed by atoms with van der Waals surface area (Å²) in [5, 5.41) is 0. The Morgan fingerprint density at radius 3 is 2.72 bits per heavy atom. The molecule has 3 heterocycles. The number of morpholine rings is 1. The number of piperidine rings is 1. The maximum absolute atomic E-state index is 12.5. The molecule has 0 aliphatic carbocycles. The Morgan fingerprint density at radius 1 is 1.12 bits per heavy atom. The second-order valence-electron chi connectivity index (χ2n) is 7.24. The Labute approximate surface area is 148 Å². The number of imide groups is 1. The van der Waals surface area contributed by atoms with Crippen LogP contribution in [0, 0.1) is 5.92 Å². The molecule has 0 bridgehead atoms. The molecule has 0 unspecified atom stereocenters. The molecule has 0 spiro atoms. The van der Waals surface area contributed by atoms with E-state index in [0.29, 0.717) is 17.0 Å². The van der Waals surface area contributed by atoms with E-state index in [4.69, 9.17) is 4.74 Å². The smallest absolute Gasteiger partial charge is 0.263 e. The minimum atomic E-state index is -0.191. The van der Waals surface area contributed by atoms with Crippen LogP contribution in [0.15, 0.2) is 18.2 Å². The molecule has 0 aromatic heterocycles. The third-order valence-corrected chi connectivity index (χ3v) is 5.58. The van der Waals surface area contributed by atoms with Crippen LogP contribution < -0.4 is 4.90 Å². The Morgan fingerprint density at radius 2 is 1.92 bits per heavy atom. The van der Waals surface area contributed by atoms with Gasteiger partial charge >= 0.3 is 0 Å². The average molecular weight is 343 g/mol. The Hall–Kier alpha value is -1.92. The van der Waals surface area contributed by atoms with E-state index in [1.165, 1.54) is 11.3 Å². The molecule has 3 aliphatic heterocycles. The van der Waals surface area contributed by atoms with Crippen molar-refractivity contribution in [3.63, 3.8) is 0 Å². The summed E-state index contributed by atoms with van der Waals surface area (Å²) in [7, 11) is 1.56. The van der Waals surface area contributed by atoms with Crippen molar-refractivity contribution in [1.82, 2.24) is 9.80 Å². The topological polar surface area (TPSA) is 53.1 Å². The highest BCUT2D eigenvalue weighted by molar-refractivity contribution is 6.23. The molecule has 3 aliphatic rings. The van der Waals surface area contributed by atoms with Crippen molar-refractivity contribution in [2.75, 3.05) is 57.9 Å². The number of rotatable bonds is 3. The number of carbonyl (C=O) groups excluding carboxylic acids is 2. The molecule has 0 saturated carbocycles. The zero-order valence-corrected chi connectivity index (χ0v) is 14.7. The van der Waals surface area contributed by atoms with E-state index in [0.717, 1.165) is 58.0 Å². The predicted molar refractivity (Wildman–Crippen MR) is 95.1 cm³/mol. The molecule has 6 heteroatoms. The lowest BCUT2D eigenvalue weighted by Crippen LogP contribution is -2.44. The van der Waals surface area contributed by atoms with Crippen LogP contribution in [0.3, 0.4) is 0 Å². The second-order valence-corrected chi connectivity index (χ2v) is 7.24. The van der Waals surface area contributed by atoms with Gasteiger partial charge in [0.15, 0.2) is 0 Å². The summed E-state index contributed by atoms with van der Waals surface area (Å²) in [6.07, 6.45) is 2.34. The fraction of sp³-hybridized carbons (Fsp3) is 0.579. The molecular formula is C19H25N3O3. The second kappa shape index (κ2) is 6.77. The number of carbonyl (C=O) groups is 2. The number of hydrogen-bond acceptors (Lipinski definition) is 5. The Balaban J connectivity index is 1.53. The van der Waals surface area contributed by atoms with Gasteiger partial charge in [0.05, 0.1) is 30.0 Å². The number of anilines is 1. The van der Waals surface area contributed by atoms with Crippen LogP contribution >= 0.6 is 0 Å². The van der Waals surface area contributed by atoms with Crippen LogP contribution in [0.4, 0.5) is 5.69 Å². The van der Waals surface area contributed by atoms with Gasteiger partial charge in [-0.25, -0.2) is 0 Å². The molecule has 0 radical (unpaired) electrons. The fourth-order valence-electron chi connectivity index (χ4n) is 4.23. The molecule has 4 rings (SSSR count). The molecule has 0 N–H and O–H groups in total. The standard InChI is InChI=1S/C19H25N3O3/c1-20-18(23)15-5-2-6-16(17(15)19(20)24)22-7-3-4-14(13-22)12-21-8-10-25-11-9-21/h2,5-6,14H,3-4,7-13H2,1H3/t14-/m1/s1. The van der Waals surface area contributed by atoms with Crippen molar-refractivity contribution in [2.45, 2.75) is 12.8 Å². The zero-order valence-electron chi connectivity index (χ0n) is 14.7. The quantitative estimate of drug-likeness (QED) is 0.778. The molecule has 25 heavy (non-hydrogen) atoms. The number of benzene rings is 1. The summed E-state index contributed by atoms with van der Waals surface area (Å²) in [5.41, 5.74) is 2.05. The highest BCUT2D eigenvalue weighted by Crippen LogP contribution is 2.33. The lowest BCUT2D eigenvalue weighted by molar-refractivity contribution is 0.0296. The summed E-state index contributed by atoms with van der Waals surface area (Å²) in [4.78, 5) is 30.8. The van der Waals surface area contributed by atoms with E-state index >= 15 is 0 Å². The van der Waals surface area contributed by atoms with Crippen LogP contribution in [0.1, 0.15) is 33.6 Å². The maximum Gasteiger partial charge on any atom is 0.263 e. The first-order valence-electron chi connectivity index (χ1n) is 9.15. The molecule has 2 amide bonds. The summed E-state index contributed by atoms with van der Waals surface area (Å²) in [5.74, 6) is 0.224. The van der Waals surface area contributed by atoms with Crippen LogP contribution in [0.25, 0.3) is 0 Å². The van der Waals surface area contributed by atoms with Crippen LogP contribution in [-0.2, 0) is 4.74 Å². The fourth-order valence-corrected chi connectivity index (χ4v) is 4.23. The summed E-state index contributed by atoms with van der Waals surface area (Å²) >= 11 is 0. The van der Waals surface area contributed by atoms with E-state index in [9.17, 15) is 9.59 Å². The van der Waals surface area contributed by atoms with E-state index in [1.807, 2.05) is 12.1 Å². The summed E-state index contributed by atoms with van der Waals surface area (Å²) in [6.45, 7) is 6.64. The van der Waals surface area contributed by atoms with Gasteiger partial charge in [0.25, 0.3) is 11.8 Å². The number of hydrogen-bond donors (Lipinski definition) is 0. The third kappa shape index (κ3) is 3.04. The van der Waals surface area contributed by atoms with Gasteiger partial charge in [-0.1, -0.05) is 6.07 Å². The number of ether oxygens (including phenoxy) is 1. The number of nitrogens with zero attached hydrogens (tertiary/aromatic N) is 3. The minimum absolute atomic E-state index is 0.175. The van der Waals surface area contributed by atoms with E-state index in [-0.39, 0.29) is 11.8 Å². The first-order valence-corrected chi connectivity index (χ1v) is 9.15. The normalized spacial score (nSPS) is 24.8. The van der Waals surface area contributed by atoms with Crippen LogP contribution in [-0.4, -0.2) is 74.6 Å². The molecule has 2 saturated heterocycles. The zero-order chi connectivity index (χ0) is 17.4. The molecular weight excluding hydrogens is 318 g/mol. The highest BCUT2D eigenvalue weighted by Gasteiger charge is 2.36. The average Bonchev–Trinajstić information content (AvgIpc) is 2.87. The third-order valence-electron chi connectivity index (χ3n) is 5.58. The van der Waals surface area contributed by atoms with Crippen molar-refractivity contribution in [3.8, 4) is 0 Å². The number of amides is 2. The first kappa shape index (κ1) is 16.5. The largest absolute Gasteiger partial charge is 0.379 e. The van der Waals surface area contributed by atoms with Gasteiger partial charge in [0.1, 0.15) is 0 Å². The van der Waals surface area contributed by atoms with E-state index < -0.39 is 0 Å². The van der Waals surface area contributed by atoms with Crippen molar-refractivity contribution in [2.24, 2.45) is 5.92 Å². The molecule has 1 aromatic carbocycles. The Kier molecular flexibility index (Phi) is 4.48. The van der Waals surface area contributed by atoms with Crippen LogP contribution in [0.2, 0.25) is 0 Å². The lowest BCUT2D eigenvalue weighted by Gasteiger charge is -2.38. The Bertz CT molecular complexity index is 684. The van der Waals surface area contributed by atoms with E-state index in [2.05, 4.69) is 9.80 Å². The van der Waals surface area contributed by atoms with Gasteiger partial charge in [-0.3, -0.25) is 19.4 Å². The van der Waals surface area contributed by atoms with Gasteiger partial charge in [-0.05, 0) is 30.9 Å². The predicted octanol–water partition coefficient (Wildman–Crippen LogP) is 1.46. The number of fused-ring (bicyclic) bond motifs is 1. The molecule has 1 atom stereocenters. The van der Waals surface area contributed by atoms with Crippen molar-refractivity contribution < 1.29 is 14.3 Å². The van der Waals surface area contributed by atoms with Gasteiger partial charge < -0.3 is 9.64 Å². The van der Waals surface area contributed by atoms with Crippen molar-refractivity contribution in [1.29, 1.82) is 0 Å². The summed E-state index contributed by atoms with van der Waals surface area (Å²) < 4.78 is 5.44. The molecule has 6 nitrogen and oxygen atoms in total. The first-order chi connectivity index (χ1) is 12.1. The maximum atomic E-state index is 12.5. The molecule has 134 valence electrons. The van der Waals surface area contributed by atoms with Gasteiger partial charge in [0, 0.05) is 39.8 Å². The lowest BCUT2D eigenvalue weighted by atomic mass is 9.95. The van der Waals surface area contributed by atoms with Crippen LogP contribution in [0.5, 0.6) is 0 Å². The van der Waals surface area contributed by atoms with E-state index in [1.54, 1.807) is 13.1 Å². The van der Waals surface area contributed by atoms with Gasteiger partial charge in [-0.2, -0.15) is 0 Å². The highest BCUT2D eigenvalue weighted by atomic mass is 16.5.